The number of hydrogen-bond donors (Lipinski definition) is 2. The molecule has 0 saturated heterocycles. The van der Waals surface area contributed by atoms with Gasteiger partial charge in [-0.15, -0.1) is 0 Å². The van der Waals surface area contributed by atoms with E-state index < -0.39 is 0 Å². The minimum atomic E-state index is -0.306. The highest BCUT2D eigenvalue weighted by Crippen LogP contribution is 2.14. The van der Waals surface area contributed by atoms with Crippen LogP contribution in [0.2, 0.25) is 5.02 Å². The second-order valence-corrected chi connectivity index (χ2v) is 5.59. The molecule has 0 spiro atoms. The number of nitrogens with one attached hydrogen (secondary N) is 1. The van der Waals surface area contributed by atoms with Gasteiger partial charge in [-0.2, -0.15) is 0 Å². The number of rotatable bonds is 6. The number of carbonyl (C=O) groups excluding carboxylic acids is 1. The number of amides is 1. The topological polar surface area (TPSA) is 45.7 Å². The first-order valence-electron chi connectivity index (χ1n) is 7.15. The van der Waals surface area contributed by atoms with Gasteiger partial charge in [-0.1, -0.05) is 41.9 Å². The summed E-state index contributed by atoms with van der Waals surface area (Å²) in [6.07, 6.45) is 0. The van der Waals surface area contributed by atoms with E-state index in [1.54, 1.807) is 18.2 Å². The highest BCUT2D eigenvalue weighted by Gasteiger charge is 2.12. The van der Waals surface area contributed by atoms with Gasteiger partial charge in [-0.3, -0.25) is 4.79 Å². The summed E-state index contributed by atoms with van der Waals surface area (Å²) in [5.74, 6) is -0.434. The summed E-state index contributed by atoms with van der Waals surface area (Å²) in [7, 11) is 0. The monoisotopic (exact) mass is 321 g/mol. The zero-order chi connectivity index (χ0) is 15.9. The van der Waals surface area contributed by atoms with E-state index in [1.165, 1.54) is 6.07 Å². The fourth-order valence-electron chi connectivity index (χ4n) is 2.12. The molecule has 0 heterocycles. The zero-order valence-corrected chi connectivity index (χ0v) is 13.1. The summed E-state index contributed by atoms with van der Waals surface area (Å²) < 4.78 is 13.4. The van der Waals surface area contributed by atoms with Gasteiger partial charge in [0.15, 0.2) is 6.54 Å². The molecule has 22 heavy (non-hydrogen) atoms. The van der Waals surface area contributed by atoms with Crippen molar-refractivity contribution in [2.24, 2.45) is 0 Å². The van der Waals surface area contributed by atoms with Crippen molar-refractivity contribution in [1.82, 2.24) is 5.32 Å². The maximum Gasteiger partial charge on any atom is 0.275 e. The van der Waals surface area contributed by atoms with Gasteiger partial charge in [-0.25, -0.2) is 4.39 Å². The third-order valence-corrected chi connectivity index (χ3v) is 3.70. The lowest BCUT2D eigenvalue weighted by atomic mass is 10.1. The van der Waals surface area contributed by atoms with Crippen LogP contribution in [-0.4, -0.2) is 12.5 Å². The molecule has 3 nitrogen and oxygen atoms in total. The summed E-state index contributed by atoms with van der Waals surface area (Å²) in [6, 6.07) is 14.1. The normalized spacial score (nSPS) is 12.0. The third kappa shape index (κ3) is 4.83. The average Bonchev–Trinajstić information content (AvgIpc) is 2.52. The molecule has 0 aliphatic carbocycles. The van der Waals surface area contributed by atoms with Crippen LogP contribution in [0.1, 0.15) is 24.1 Å². The Kier molecular flexibility index (Phi) is 5.92. The number of benzene rings is 2. The molecule has 116 valence electrons. The molecule has 0 unspecified atom stereocenters. The predicted octanol–water partition coefficient (Wildman–Crippen LogP) is 2.42. The molecular formula is C17H19ClFN2O+. The van der Waals surface area contributed by atoms with Crippen LogP contribution in [0.15, 0.2) is 48.5 Å². The quantitative estimate of drug-likeness (QED) is 0.843. The molecule has 2 aromatic carbocycles. The Labute approximate surface area is 134 Å². The summed E-state index contributed by atoms with van der Waals surface area (Å²) in [5.41, 5.74) is 1.55. The fraction of sp³-hybridized carbons (Fsp3) is 0.235. The van der Waals surface area contributed by atoms with Crippen molar-refractivity contribution in [3.05, 3.63) is 70.5 Å². The van der Waals surface area contributed by atoms with Crippen LogP contribution in [0.3, 0.4) is 0 Å². The van der Waals surface area contributed by atoms with E-state index in [0.29, 0.717) is 10.6 Å². The van der Waals surface area contributed by atoms with Crippen molar-refractivity contribution in [1.29, 1.82) is 0 Å². The van der Waals surface area contributed by atoms with Crippen molar-refractivity contribution in [3.8, 4) is 0 Å². The largest absolute Gasteiger partial charge is 0.347 e. The Hall–Kier alpha value is -1.91. The molecule has 1 amide bonds. The van der Waals surface area contributed by atoms with E-state index >= 15 is 0 Å². The van der Waals surface area contributed by atoms with Gasteiger partial charge in [0.05, 0.1) is 0 Å². The lowest BCUT2D eigenvalue weighted by Crippen LogP contribution is -2.87. The Balaban J connectivity index is 1.79. The van der Waals surface area contributed by atoms with E-state index in [9.17, 15) is 9.18 Å². The summed E-state index contributed by atoms with van der Waals surface area (Å²) in [5, 5.41) is 5.32. The van der Waals surface area contributed by atoms with Crippen LogP contribution in [0.25, 0.3) is 0 Å². The first kappa shape index (κ1) is 16.5. The van der Waals surface area contributed by atoms with Crippen LogP contribution in [-0.2, 0) is 11.3 Å². The van der Waals surface area contributed by atoms with Crippen LogP contribution in [0.5, 0.6) is 0 Å². The standard InChI is InChI=1S/C17H18ClFN2O/c1-12(13-6-4-7-15(18)9-13)20-11-17(22)21-10-14-5-2-3-8-16(14)19/h2-9,12,20H,10-11H2,1H3,(H,21,22)/p+1/t12-/m0/s1. The van der Waals surface area contributed by atoms with Crippen LogP contribution < -0.4 is 10.6 Å². The lowest BCUT2D eigenvalue weighted by Gasteiger charge is -2.11. The van der Waals surface area contributed by atoms with Crippen molar-refractivity contribution < 1.29 is 14.5 Å². The van der Waals surface area contributed by atoms with Crippen LogP contribution in [0.4, 0.5) is 4.39 Å². The second kappa shape index (κ2) is 7.92. The number of halogens is 2. The van der Waals surface area contributed by atoms with Crippen molar-refractivity contribution in [2.75, 3.05) is 6.54 Å². The molecule has 5 heteroatoms. The molecule has 0 aliphatic rings. The summed E-state index contributed by atoms with van der Waals surface area (Å²) in [4.78, 5) is 11.8. The highest BCUT2D eigenvalue weighted by atomic mass is 35.5. The van der Waals surface area contributed by atoms with Crippen molar-refractivity contribution in [3.63, 3.8) is 0 Å². The lowest BCUT2D eigenvalue weighted by molar-refractivity contribution is -0.682. The minimum absolute atomic E-state index is 0.123. The Morgan fingerprint density at radius 2 is 2.05 bits per heavy atom. The summed E-state index contributed by atoms with van der Waals surface area (Å²) in [6.45, 7) is 2.49. The van der Waals surface area contributed by atoms with E-state index in [1.807, 2.05) is 36.5 Å². The number of quaternary nitrogens is 1. The Bertz CT molecular complexity index is 648. The summed E-state index contributed by atoms with van der Waals surface area (Å²) >= 11 is 5.96. The molecule has 2 rings (SSSR count). The molecule has 0 radical (unpaired) electrons. The van der Waals surface area contributed by atoms with Crippen molar-refractivity contribution in [2.45, 2.75) is 19.5 Å². The molecule has 2 aromatic rings. The molecule has 0 bridgehead atoms. The van der Waals surface area contributed by atoms with Gasteiger partial charge in [-0.05, 0) is 25.1 Å². The smallest absolute Gasteiger partial charge is 0.275 e. The van der Waals surface area contributed by atoms with Gasteiger partial charge in [0, 0.05) is 22.7 Å². The molecule has 0 aromatic heterocycles. The first-order chi connectivity index (χ1) is 10.6. The van der Waals surface area contributed by atoms with Gasteiger partial charge in [0.1, 0.15) is 11.9 Å². The maximum atomic E-state index is 13.4. The molecule has 3 N–H and O–H groups in total. The van der Waals surface area contributed by atoms with Gasteiger partial charge in [0.2, 0.25) is 0 Å². The van der Waals surface area contributed by atoms with Gasteiger partial charge in [0.25, 0.3) is 5.91 Å². The molecule has 0 fully saturated rings. The van der Waals surface area contributed by atoms with E-state index in [-0.39, 0.29) is 30.9 Å². The Morgan fingerprint density at radius 3 is 2.77 bits per heavy atom. The second-order valence-electron chi connectivity index (χ2n) is 5.15. The van der Waals surface area contributed by atoms with Gasteiger partial charge < -0.3 is 10.6 Å². The Morgan fingerprint density at radius 1 is 1.27 bits per heavy atom. The molecule has 0 aliphatic heterocycles. The number of carbonyl (C=O) groups is 1. The minimum Gasteiger partial charge on any atom is -0.347 e. The number of nitrogens with two attached hydrogens (primary N) is 1. The van der Waals surface area contributed by atoms with E-state index in [2.05, 4.69) is 5.32 Å². The van der Waals surface area contributed by atoms with Crippen LogP contribution >= 0.6 is 11.6 Å². The van der Waals surface area contributed by atoms with Crippen molar-refractivity contribution >= 4 is 17.5 Å². The van der Waals surface area contributed by atoms with E-state index in [4.69, 9.17) is 11.6 Å². The maximum absolute atomic E-state index is 13.4. The van der Waals surface area contributed by atoms with Gasteiger partial charge >= 0.3 is 0 Å². The zero-order valence-electron chi connectivity index (χ0n) is 12.4. The SMILES string of the molecule is C[C@H]([NH2+]CC(=O)NCc1ccccc1F)c1cccc(Cl)c1. The highest BCUT2D eigenvalue weighted by molar-refractivity contribution is 6.30. The molecule has 0 saturated carbocycles. The predicted molar refractivity (Wildman–Crippen MR) is 84.9 cm³/mol. The van der Waals surface area contributed by atoms with Crippen LogP contribution in [0, 0.1) is 5.82 Å². The first-order valence-corrected chi connectivity index (χ1v) is 7.53. The van der Waals surface area contributed by atoms with E-state index in [0.717, 1.165) is 5.56 Å². The third-order valence-electron chi connectivity index (χ3n) is 3.47. The molecular weight excluding hydrogens is 303 g/mol. The average molecular weight is 322 g/mol. The number of hydrogen-bond acceptors (Lipinski definition) is 1. The molecule has 1 atom stereocenters. The fourth-order valence-corrected chi connectivity index (χ4v) is 2.32.